The lowest BCUT2D eigenvalue weighted by Crippen LogP contribution is -2.54. The number of aliphatic hydroxyl groups is 1. The Morgan fingerprint density at radius 3 is 2.68 bits per heavy atom. The number of aliphatic hydroxyl groups excluding tert-OH is 1. The first-order chi connectivity index (χ1) is 17.5. The van der Waals surface area contributed by atoms with E-state index < -0.39 is 6.10 Å². The molecule has 7 rings (SSSR count). The van der Waals surface area contributed by atoms with Crippen LogP contribution in [-0.4, -0.2) is 46.2 Å². The molecule has 0 radical (unpaired) electrons. The third-order valence-corrected chi connectivity index (χ3v) is 7.90. The molecule has 1 unspecified atom stereocenters. The number of methoxy groups -OCH3 is 1. The summed E-state index contributed by atoms with van der Waals surface area (Å²) in [6, 6.07) is 17.8. The third kappa shape index (κ3) is 5.68. The Balaban J connectivity index is 0.000000208. The number of fused-ring (bicyclic) bond motifs is 5. The number of hydrogen-bond acceptors (Lipinski definition) is 5. The van der Waals surface area contributed by atoms with Crippen molar-refractivity contribution >= 4 is 50.4 Å². The summed E-state index contributed by atoms with van der Waals surface area (Å²) in [6.07, 6.45) is 5.62. The highest BCUT2D eigenvalue weighted by molar-refractivity contribution is 8.93. The largest absolute Gasteiger partial charge is 0.497 e. The molecule has 5 heterocycles. The lowest BCUT2D eigenvalue weighted by molar-refractivity contribution is -0.0444. The van der Waals surface area contributed by atoms with Crippen molar-refractivity contribution in [2.45, 2.75) is 31.9 Å². The smallest absolute Gasteiger partial charge is 0.130 e. The zero-order valence-electron chi connectivity index (χ0n) is 21.2. The minimum atomic E-state index is -0.504. The van der Waals surface area contributed by atoms with Gasteiger partial charge in [0.1, 0.15) is 10.9 Å². The minimum Gasteiger partial charge on any atom is -0.497 e. The van der Waals surface area contributed by atoms with E-state index in [1.165, 1.54) is 17.4 Å². The first-order valence-corrected chi connectivity index (χ1v) is 12.9. The molecule has 5 nitrogen and oxygen atoms in total. The molecule has 4 aromatic rings. The summed E-state index contributed by atoms with van der Waals surface area (Å²) in [7, 11) is 1.66. The highest BCUT2D eigenvalue weighted by Crippen LogP contribution is 2.42. The molecule has 0 aliphatic carbocycles. The number of hydrogen-bond donors (Lipinski definition) is 1. The molecular formula is C30H33BrClN3O2. The Morgan fingerprint density at radius 1 is 1.14 bits per heavy atom. The van der Waals surface area contributed by atoms with E-state index in [0.717, 1.165) is 47.2 Å². The van der Waals surface area contributed by atoms with Crippen LogP contribution < -0.4 is 4.74 Å². The normalized spacial score (nSPS) is 23.0. The van der Waals surface area contributed by atoms with E-state index in [2.05, 4.69) is 27.5 Å². The first kappa shape index (κ1) is 27.5. The molecule has 3 saturated heterocycles. The van der Waals surface area contributed by atoms with Crippen LogP contribution in [0.15, 0.2) is 73.4 Å². The van der Waals surface area contributed by atoms with E-state index >= 15 is 0 Å². The van der Waals surface area contributed by atoms with Crippen LogP contribution in [0.5, 0.6) is 5.75 Å². The Bertz CT molecular complexity index is 1400. The zero-order chi connectivity index (χ0) is 25.2. The average molecular weight is 583 g/mol. The fraction of sp³-hybridized carbons (Fsp3) is 0.333. The summed E-state index contributed by atoms with van der Waals surface area (Å²) in [4.78, 5) is 11.1. The quantitative estimate of drug-likeness (QED) is 0.208. The van der Waals surface area contributed by atoms with Gasteiger partial charge in [-0.3, -0.25) is 9.88 Å². The van der Waals surface area contributed by atoms with Crippen molar-refractivity contribution < 1.29 is 9.84 Å². The second-order valence-electron chi connectivity index (χ2n) is 9.75. The summed E-state index contributed by atoms with van der Waals surface area (Å²) >= 11 is 5.81. The van der Waals surface area contributed by atoms with Crippen LogP contribution in [0.1, 0.15) is 30.1 Å². The fourth-order valence-corrected chi connectivity index (χ4v) is 6.01. The van der Waals surface area contributed by atoms with Crippen molar-refractivity contribution in [1.29, 1.82) is 0 Å². The van der Waals surface area contributed by atoms with Gasteiger partial charge in [-0.1, -0.05) is 35.9 Å². The molecule has 2 aromatic heterocycles. The Hall–Kier alpha value is -2.51. The van der Waals surface area contributed by atoms with Gasteiger partial charge in [-0.15, -0.1) is 23.6 Å². The molecule has 3 fully saturated rings. The number of halogens is 2. The number of nitrogens with zero attached hydrogens (tertiary/aromatic N) is 3. The topological polar surface area (TPSA) is 58.5 Å². The van der Waals surface area contributed by atoms with Gasteiger partial charge in [0.05, 0.1) is 24.2 Å². The van der Waals surface area contributed by atoms with Gasteiger partial charge < -0.3 is 9.84 Å². The third-order valence-electron chi connectivity index (χ3n) is 7.71. The van der Waals surface area contributed by atoms with Gasteiger partial charge >= 0.3 is 0 Å². The number of rotatable bonds is 4. The molecule has 0 spiro atoms. The lowest BCUT2D eigenvalue weighted by Gasteiger charge is -2.50. The maximum atomic E-state index is 11.2. The Labute approximate surface area is 233 Å². The van der Waals surface area contributed by atoms with E-state index in [9.17, 15) is 5.11 Å². The fourth-order valence-electron chi connectivity index (χ4n) is 5.75. The van der Waals surface area contributed by atoms with Crippen LogP contribution in [0.4, 0.5) is 0 Å². The number of benzene rings is 2. The lowest BCUT2D eigenvalue weighted by atomic mass is 9.73. The van der Waals surface area contributed by atoms with Crippen LogP contribution in [0, 0.1) is 18.8 Å². The molecular weight excluding hydrogens is 550 g/mol. The molecule has 1 N–H and O–H groups in total. The summed E-state index contributed by atoms with van der Waals surface area (Å²) in [5.74, 6) is 2.01. The van der Waals surface area contributed by atoms with Gasteiger partial charge in [-0.05, 0) is 85.7 Å². The van der Waals surface area contributed by atoms with Crippen molar-refractivity contribution in [2.75, 3.05) is 20.2 Å². The zero-order valence-corrected chi connectivity index (χ0v) is 23.6. The van der Waals surface area contributed by atoms with Gasteiger partial charge in [0.25, 0.3) is 0 Å². The Kier molecular flexibility index (Phi) is 8.86. The molecule has 0 saturated carbocycles. The number of piperidine rings is 3. The number of pyridine rings is 2. The minimum absolute atomic E-state index is 0. The molecule has 2 aromatic carbocycles. The summed E-state index contributed by atoms with van der Waals surface area (Å²) in [6.45, 7) is 8.11. The van der Waals surface area contributed by atoms with Crippen LogP contribution >= 0.6 is 28.6 Å². The van der Waals surface area contributed by atoms with Gasteiger partial charge in [0.15, 0.2) is 0 Å². The van der Waals surface area contributed by atoms with Crippen LogP contribution in [0.2, 0.25) is 5.15 Å². The molecule has 3 aliphatic rings. The second kappa shape index (κ2) is 11.9. The van der Waals surface area contributed by atoms with E-state index in [0.29, 0.717) is 17.0 Å². The van der Waals surface area contributed by atoms with Gasteiger partial charge in [-0.2, -0.15) is 0 Å². The highest BCUT2D eigenvalue weighted by Gasteiger charge is 2.42. The molecule has 5 atom stereocenters. The number of aryl methyl sites for hydroxylation is 1. The standard InChI is InChI=1S/C20H24N2O2.C10H8ClN.BrH/c1-3-13-12-22-9-7-14(13)10-19(22)20(23)16-6-8-21-18-5-4-15(24-2)11-17(16)18;1-7-6-10(11)12-9-5-3-2-4-8(7)9;/h3-6,8,11,13-14,19-20,23H,1,7,9-10,12H2,2H3;2-6H,1H3;1H/t13-,14-,19-,20+;;/m0../s1. The highest BCUT2D eigenvalue weighted by atomic mass is 79.9. The van der Waals surface area contributed by atoms with E-state index in [1.807, 2.05) is 61.5 Å². The van der Waals surface area contributed by atoms with E-state index in [4.69, 9.17) is 16.3 Å². The van der Waals surface area contributed by atoms with Gasteiger partial charge in [0.2, 0.25) is 0 Å². The SMILES string of the molecule is Br.C=C[C@H]1CN2CC[C@H]1C[C@H]2[C@H](O)c1ccnc2ccc(OC)cc12.Cc1cc(Cl)nc2ccccc12. The van der Waals surface area contributed by atoms with E-state index in [1.54, 1.807) is 13.3 Å². The molecule has 7 heteroatoms. The number of para-hydroxylation sites is 1. The van der Waals surface area contributed by atoms with Gasteiger partial charge in [0, 0.05) is 29.6 Å². The molecule has 0 amide bonds. The van der Waals surface area contributed by atoms with Crippen molar-refractivity contribution in [2.24, 2.45) is 11.8 Å². The first-order valence-electron chi connectivity index (χ1n) is 12.5. The molecule has 37 heavy (non-hydrogen) atoms. The maximum absolute atomic E-state index is 11.2. The number of aromatic nitrogens is 2. The number of ether oxygens (including phenoxy) is 1. The predicted molar refractivity (Wildman–Crippen MR) is 157 cm³/mol. The maximum Gasteiger partial charge on any atom is 0.130 e. The molecule has 3 aliphatic heterocycles. The van der Waals surface area contributed by atoms with Crippen LogP contribution in [0.3, 0.4) is 0 Å². The Morgan fingerprint density at radius 2 is 1.95 bits per heavy atom. The monoisotopic (exact) mass is 581 g/mol. The van der Waals surface area contributed by atoms with Crippen molar-refractivity contribution in [1.82, 2.24) is 14.9 Å². The van der Waals surface area contributed by atoms with Crippen molar-refractivity contribution in [3.63, 3.8) is 0 Å². The summed E-state index contributed by atoms with van der Waals surface area (Å²) < 4.78 is 5.35. The summed E-state index contributed by atoms with van der Waals surface area (Å²) in [5, 5.41) is 13.9. The molecule has 194 valence electrons. The summed E-state index contributed by atoms with van der Waals surface area (Å²) in [5.41, 5.74) is 3.98. The van der Waals surface area contributed by atoms with E-state index in [-0.39, 0.29) is 23.0 Å². The molecule has 2 bridgehead atoms. The van der Waals surface area contributed by atoms with Crippen LogP contribution in [0.25, 0.3) is 21.8 Å². The predicted octanol–water partition coefficient (Wildman–Crippen LogP) is 6.95. The van der Waals surface area contributed by atoms with Gasteiger partial charge in [-0.25, -0.2) is 4.98 Å². The van der Waals surface area contributed by atoms with Crippen LogP contribution in [-0.2, 0) is 0 Å². The van der Waals surface area contributed by atoms with Crippen molar-refractivity contribution in [3.05, 3.63) is 89.7 Å². The van der Waals surface area contributed by atoms with Crippen molar-refractivity contribution in [3.8, 4) is 5.75 Å². The average Bonchev–Trinajstić information content (AvgIpc) is 2.92. The second-order valence-corrected chi connectivity index (χ2v) is 10.1.